The number of thioether (sulfide) groups is 1. The van der Waals surface area contributed by atoms with E-state index in [0.717, 1.165) is 20.5 Å². The summed E-state index contributed by atoms with van der Waals surface area (Å²) in [6.45, 7) is 4.87. The summed E-state index contributed by atoms with van der Waals surface area (Å²) in [7, 11) is 0. The lowest BCUT2D eigenvalue weighted by Gasteiger charge is -2.31. The van der Waals surface area contributed by atoms with Gasteiger partial charge >= 0.3 is 0 Å². The van der Waals surface area contributed by atoms with Crippen molar-refractivity contribution in [2.24, 2.45) is 0 Å². The first-order valence-corrected chi connectivity index (χ1v) is 13.3. The predicted molar refractivity (Wildman–Crippen MR) is 144 cm³/mol. The average molecular weight is 540 g/mol. The second-order valence-corrected chi connectivity index (χ2v) is 10.2. The number of hydrogen-bond acceptors (Lipinski definition) is 3. The fourth-order valence-corrected chi connectivity index (χ4v) is 4.77. The smallest absolute Gasteiger partial charge is 0.243 e. The third-order valence-electron chi connectivity index (χ3n) is 5.49. The van der Waals surface area contributed by atoms with E-state index in [0.29, 0.717) is 31.7 Å². The summed E-state index contributed by atoms with van der Waals surface area (Å²) in [5.74, 6) is 0.518. The number of carbonyl (C=O) groups excluding carboxylic acids is 2. The number of nitrogens with one attached hydrogen (secondary N) is 1. The predicted octanol–water partition coefficient (Wildman–Crippen LogP) is 6.02. The zero-order valence-corrected chi connectivity index (χ0v) is 22.1. The van der Waals surface area contributed by atoms with Crippen LogP contribution in [-0.2, 0) is 22.6 Å². The van der Waals surface area contributed by atoms with Crippen molar-refractivity contribution in [3.63, 3.8) is 0 Å². The molecule has 0 radical (unpaired) electrons. The van der Waals surface area contributed by atoms with Crippen LogP contribution in [0.1, 0.15) is 30.0 Å². The van der Waals surface area contributed by atoms with Crippen molar-refractivity contribution in [3.05, 3.63) is 100 Å². The highest BCUT2D eigenvalue weighted by Crippen LogP contribution is 2.22. The first-order valence-electron chi connectivity index (χ1n) is 11.5. The van der Waals surface area contributed by atoms with Crippen LogP contribution in [0.4, 0.5) is 0 Å². The van der Waals surface area contributed by atoms with Crippen LogP contribution in [0, 0.1) is 6.92 Å². The maximum Gasteiger partial charge on any atom is 0.243 e. The molecule has 0 saturated carbocycles. The van der Waals surface area contributed by atoms with E-state index in [-0.39, 0.29) is 11.8 Å². The van der Waals surface area contributed by atoms with E-state index in [2.05, 4.69) is 52.4 Å². The largest absolute Gasteiger partial charge is 0.355 e. The van der Waals surface area contributed by atoms with Crippen molar-refractivity contribution >= 4 is 39.5 Å². The number of carbonyl (C=O) groups is 2. The van der Waals surface area contributed by atoms with Crippen molar-refractivity contribution < 1.29 is 9.59 Å². The number of nitrogens with zero attached hydrogens (tertiary/aromatic N) is 1. The van der Waals surface area contributed by atoms with E-state index in [1.807, 2.05) is 61.5 Å². The number of halogens is 1. The zero-order valence-electron chi connectivity index (χ0n) is 19.7. The molecule has 0 aromatic heterocycles. The first kappa shape index (κ1) is 26.0. The summed E-state index contributed by atoms with van der Waals surface area (Å²) in [6.07, 6.45) is 0.833. The zero-order chi connectivity index (χ0) is 24.3. The molecule has 0 unspecified atom stereocenters. The molecular formula is C28H31BrN2O2S. The van der Waals surface area contributed by atoms with E-state index in [1.54, 1.807) is 16.7 Å². The van der Waals surface area contributed by atoms with Crippen LogP contribution in [0.25, 0.3) is 0 Å². The lowest BCUT2D eigenvalue weighted by atomic mass is 10.0. The molecule has 3 aromatic carbocycles. The third kappa shape index (κ3) is 8.03. The maximum atomic E-state index is 13.5. The molecule has 2 amide bonds. The van der Waals surface area contributed by atoms with Gasteiger partial charge in [0.2, 0.25) is 11.8 Å². The van der Waals surface area contributed by atoms with Gasteiger partial charge in [0.15, 0.2) is 0 Å². The Morgan fingerprint density at radius 3 is 2.26 bits per heavy atom. The van der Waals surface area contributed by atoms with Gasteiger partial charge in [-0.2, -0.15) is 0 Å². The normalized spacial score (nSPS) is 11.6. The van der Waals surface area contributed by atoms with Crippen LogP contribution in [0.15, 0.2) is 88.2 Å². The summed E-state index contributed by atoms with van der Waals surface area (Å²) in [4.78, 5) is 29.6. The number of aryl methyl sites for hydroxylation is 1. The minimum absolute atomic E-state index is 0.0188. The summed E-state index contributed by atoms with van der Waals surface area (Å²) < 4.78 is 0.980. The molecule has 0 heterocycles. The molecule has 178 valence electrons. The minimum atomic E-state index is -0.581. The van der Waals surface area contributed by atoms with E-state index in [1.165, 1.54) is 5.56 Å². The van der Waals surface area contributed by atoms with Gasteiger partial charge in [0.05, 0.1) is 0 Å². The van der Waals surface area contributed by atoms with Crippen molar-refractivity contribution in [2.75, 3.05) is 12.3 Å². The fourth-order valence-electron chi connectivity index (χ4n) is 3.67. The monoisotopic (exact) mass is 538 g/mol. The number of hydrogen-bond donors (Lipinski definition) is 1. The molecule has 3 aromatic rings. The van der Waals surface area contributed by atoms with E-state index in [4.69, 9.17) is 0 Å². The van der Waals surface area contributed by atoms with Crippen molar-refractivity contribution in [1.29, 1.82) is 0 Å². The lowest BCUT2D eigenvalue weighted by molar-refractivity contribution is -0.140. The first-order chi connectivity index (χ1) is 16.5. The Bertz CT molecular complexity index is 1060. The van der Waals surface area contributed by atoms with Crippen molar-refractivity contribution in [3.8, 4) is 0 Å². The molecule has 4 nitrogen and oxygen atoms in total. The van der Waals surface area contributed by atoms with Gasteiger partial charge in [-0.3, -0.25) is 9.59 Å². The second kappa shape index (κ2) is 13.4. The van der Waals surface area contributed by atoms with E-state index in [9.17, 15) is 9.59 Å². The molecule has 6 heteroatoms. The number of rotatable bonds is 11. The molecule has 0 saturated heterocycles. The van der Waals surface area contributed by atoms with Gasteiger partial charge in [-0.1, -0.05) is 76.1 Å². The highest BCUT2D eigenvalue weighted by Gasteiger charge is 2.29. The van der Waals surface area contributed by atoms with Gasteiger partial charge in [-0.25, -0.2) is 0 Å². The van der Waals surface area contributed by atoms with Crippen LogP contribution >= 0.6 is 27.7 Å². The van der Waals surface area contributed by atoms with E-state index >= 15 is 0 Å². The third-order valence-corrected chi connectivity index (χ3v) is 7.04. The molecule has 0 aliphatic rings. The Kier molecular flexibility index (Phi) is 10.2. The molecular weight excluding hydrogens is 508 g/mol. The molecule has 1 atom stereocenters. The molecule has 0 aliphatic heterocycles. The molecule has 0 fully saturated rings. The Morgan fingerprint density at radius 2 is 1.62 bits per heavy atom. The summed E-state index contributed by atoms with van der Waals surface area (Å²) >= 11 is 5.13. The lowest BCUT2D eigenvalue weighted by Crippen LogP contribution is -2.50. The van der Waals surface area contributed by atoms with Gasteiger partial charge in [-0.15, -0.1) is 11.8 Å². The Morgan fingerprint density at radius 1 is 0.941 bits per heavy atom. The molecule has 0 bridgehead atoms. The Labute approximate surface area is 215 Å². The highest BCUT2D eigenvalue weighted by molar-refractivity contribution is 9.10. The Balaban J connectivity index is 1.81. The average Bonchev–Trinajstić information content (AvgIpc) is 2.84. The number of likely N-dealkylation sites (N-methyl/N-ethyl adjacent to an activating group) is 1. The number of amides is 2. The molecule has 0 aliphatic carbocycles. The standard InChI is InChI=1S/C28H31BrN2O2S/c1-3-30-28(33)26(19-22-7-5-4-6-8-22)31(20-23-11-13-24(29)14-12-23)27(32)17-18-34-25-15-9-21(2)10-16-25/h4-16,26H,3,17-20H2,1-2H3,(H,30,33)/t26-/m0/s1. The maximum absolute atomic E-state index is 13.5. The second-order valence-electron chi connectivity index (χ2n) is 8.16. The van der Waals surface area contributed by atoms with Gasteiger partial charge in [0.25, 0.3) is 0 Å². The topological polar surface area (TPSA) is 49.4 Å². The van der Waals surface area contributed by atoms with Gasteiger partial charge in [-0.05, 0) is 49.2 Å². The Hall–Kier alpha value is -2.57. The van der Waals surface area contributed by atoms with Gasteiger partial charge < -0.3 is 10.2 Å². The number of benzene rings is 3. The summed E-state index contributed by atoms with van der Waals surface area (Å²) in [6, 6.07) is 25.5. The minimum Gasteiger partial charge on any atom is -0.355 e. The summed E-state index contributed by atoms with van der Waals surface area (Å²) in [5.41, 5.74) is 3.23. The van der Waals surface area contributed by atoms with Crippen molar-refractivity contribution in [2.45, 2.75) is 44.2 Å². The van der Waals surface area contributed by atoms with Crippen LogP contribution in [0.3, 0.4) is 0 Å². The van der Waals surface area contributed by atoms with Gasteiger partial charge in [0, 0.05) is 41.1 Å². The molecule has 3 rings (SSSR count). The van der Waals surface area contributed by atoms with Gasteiger partial charge in [0.1, 0.15) is 6.04 Å². The van der Waals surface area contributed by atoms with Crippen LogP contribution in [-0.4, -0.2) is 35.1 Å². The van der Waals surface area contributed by atoms with Crippen molar-refractivity contribution in [1.82, 2.24) is 10.2 Å². The van der Waals surface area contributed by atoms with Crippen LogP contribution in [0.2, 0.25) is 0 Å². The SMILES string of the molecule is CCNC(=O)[C@H](Cc1ccccc1)N(Cc1ccc(Br)cc1)C(=O)CCSc1ccc(C)cc1. The van der Waals surface area contributed by atoms with E-state index < -0.39 is 6.04 Å². The summed E-state index contributed by atoms with van der Waals surface area (Å²) in [5, 5.41) is 2.94. The highest BCUT2D eigenvalue weighted by atomic mass is 79.9. The molecule has 1 N–H and O–H groups in total. The molecule has 0 spiro atoms. The van der Waals surface area contributed by atoms with Crippen LogP contribution < -0.4 is 5.32 Å². The molecule has 34 heavy (non-hydrogen) atoms. The fraction of sp³-hybridized carbons (Fsp3) is 0.286. The quantitative estimate of drug-likeness (QED) is 0.304. The van der Waals surface area contributed by atoms with Crippen LogP contribution in [0.5, 0.6) is 0 Å².